The van der Waals surface area contributed by atoms with Gasteiger partial charge in [-0.25, -0.2) is 4.79 Å². The maximum Gasteiger partial charge on any atom is 0.407 e. The maximum atomic E-state index is 11.2. The summed E-state index contributed by atoms with van der Waals surface area (Å²) in [6, 6.07) is 2.40. The summed E-state index contributed by atoms with van der Waals surface area (Å²) in [5, 5.41) is 13.7. The number of carbonyl (C=O) groups is 1. The lowest BCUT2D eigenvalue weighted by atomic mass is 10.0. The summed E-state index contributed by atoms with van der Waals surface area (Å²) < 4.78 is 15.1. The first kappa shape index (κ1) is 14.2. The van der Waals surface area contributed by atoms with Gasteiger partial charge in [0.2, 0.25) is 6.79 Å². The SMILES string of the molecule is Cl.O=C1N[C@H](c2cc3c(cc2[N+](=O)[O-])OCO3)CCO1. The van der Waals surface area contributed by atoms with E-state index in [2.05, 4.69) is 5.32 Å². The molecule has 3 rings (SSSR count). The van der Waals surface area contributed by atoms with Crippen molar-refractivity contribution in [1.29, 1.82) is 0 Å². The van der Waals surface area contributed by atoms with E-state index < -0.39 is 17.1 Å². The summed E-state index contributed by atoms with van der Waals surface area (Å²) in [6.45, 7) is 0.262. The van der Waals surface area contributed by atoms with Crippen LogP contribution in [0.3, 0.4) is 0 Å². The number of ether oxygens (including phenoxy) is 3. The molecule has 0 saturated carbocycles. The number of rotatable bonds is 2. The van der Waals surface area contributed by atoms with Gasteiger partial charge in [0, 0.05) is 6.42 Å². The molecule has 2 aliphatic rings. The van der Waals surface area contributed by atoms with E-state index in [1.807, 2.05) is 0 Å². The summed E-state index contributed by atoms with van der Waals surface area (Å²) in [7, 11) is 0. The Labute approximate surface area is 119 Å². The average Bonchev–Trinajstić information content (AvgIpc) is 2.84. The molecule has 1 amide bonds. The fourth-order valence-corrected chi connectivity index (χ4v) is 2.14. The first-order valence-electron chi connectivity index (χ1n) is 5.66. The molecule has 8 nitrogen and oxygen atoms in total. The Kier molecular flexibility index (Phi) is 3.84. The van der Waals surface area contributed by atoms with Crippen LogP contribution in [0.5, 0.6) is 11.5 Å². The molecule has 0 aromatic heterocycles. The lowest BCUT2D eigenvalue weighted by molar-refractivity contribution is -0.385. The molecule has 2 aliphatic heterocycles. The van der Waals surface area contributed by atoms with Crippen LogP contribution in [0.2, 0.25) is 0 Å². The van der Waals surface area contributed by atoms with Gasteiger partial charge in [-0.15, -0.1) is 12.4 Å². The smallest absolute Gasteiger partial charge is 0.407 e. The van der Waals surface area contributed by atoms with Crippen LogP contribution < -0.4 is 14.8 Å². The van der Waals surface area contributed by atoms with Crippen LogP contribution >= 0.6 is 12.4 Å². The van der Waals surface area contributed by atoms with Gasteiger partial charge in [0.1, 0.15) is 0 Å². The molecule has 1 N–H and O–H groups in total. The maximum absolute atomic E-state index is 11.2. The van der Waals surface area contributed by atoms with Crippen LogP contribution in [0.25, 0.3) is 0 Å². The van der Waals surface area contributed by atoms with Crippen molar-refractivity contribution in [2.45, 2.75) is 12.5 Å². The predicted octanol–water partition coefficient (Wildman–Crippen LogP) is 1.92. The van der Waals surface area contributed by atoms with Gasteiger partial charge in [0.25, 0.3) is 5.69 Å². The number of hydrogen-bond donors (Lipinski definition) is 1. The molecule has 0 radical (unpaired) electrons. The Hall–Kier alpha value is -2.22. The second-order valence-corrected chi connectivity index (χ2v) is 4.14. The molecule has 2 heterocycles. The molecule has 1 aromatic rings. The van der Waals surface area contributed by atoms with E-state index >= 15 is 0 Å². The van der Waals surface area contributed by atoms with Crippen molar-refractivity contribution in [2.24, 2.45) is 0 Å². The molecule has 0 spiro atoms. The van der Waals surface area contributed by atoms with Crippen molar-refractivity contribution >= 4 is 24.2 Å². The molecule has 1 saturated heterocycles. The number of hydrogen-bond acceptors (Lipinski definition) is 6. The molecule has 9 heteroatoms. The van der Waals surface area contributed by atoms with Gasteiger partial charge in [-0.3, -0.25) is 10.1 Å². The second-order valence-electron chi connectivity index (χ2n) is 4.14. The highest BCUT2D eigenvalue weighted by molar-refractivity contribution is 5.85. The number of nitro benzene ring substituents is 1. The number of benzene rings is 1. The van der Waals surface area contributed by atoms with Crippen LogP contribution in [-0.2, 0) is 4.74 Å². The summed E-state index contributed by atoms with van der Waals surface area (Å²) in [6.07, 6.45) is -0.116. The van der Waals surface area contributed by atoms with E-state index in [0.29, 0.717) is 23.5 Å². The highest BCUT2D eigenvalue weighted by Gasteiger charge is 2.31. The van der Waals surface area contributed by atoms with Gasteiger partial charge in [-0.05, 0) is 6.07 Å². The van der Waals surface area contributed by atoms with Crippen LogP contribution in [0, 0.1) is 10.1 Å². The number of amides is 1. The van der Waals surface area contributed by atoms with Gasteiger partial charge < -0.3 is 19.5 Å². The fourth-order valence-electron chi connectivity index (χ4n) is 2.14. The number of nitro groups is 1. The molecule has 108 valence electrons. The van der Waals surface area contributed by atoms with Crippen molar-refractivity contribution in [3.8, 4) is 11.5 Å². The van der Waals surface area contributed by atoms with Crippen LogP contribution in [0.4, 0.5) is 10.5 Å². The minimum atomic E-state index is -0.580. The molecule has 0 bridgehead atoms. The molecule has 1 fully saturated rings. The molecular formula is C11H11ClN2O6. The highest BCUT2D eigenvalue weighted by Crippen LogP contribution is 2.41. The van der Waals surface area contributed by atoms with Gasteiger partial charge in [-0.1, -0.05) is 0 Å². The number of carbonyl (C=O) groups excluding carboxylic acids is 1. The Balaban J connectivity index is 0.00000147. The highest BCUT2D eigenvalue weighted by atomic mass is 35.5. The van der Waals surface area contributed by atoms with Crippen molar-refractivity contribution < 1.29 is 23.9 Å². The van der Waals surface area contributed by atoms with Crippen molar-refractivity contribution in [3.63, 3.8) is 0 Å². The van der Waals surface area contributed by atoms with E-state index in [-0.39, 0.29) is 31.5 Å². The summed E-state index contributed by atoms with van der Waals surface area (Å²) in [5.74, 6) is 0.787. The van der Waals surface area contributed by atoms with Gasteiger partial charge in [0.05, 0.1) is 29.2 Å². The zero-order valence-corrected chi connectivity index (χ0v) is 11.0. The van der Waals surface area contributed by atoms with Gasteiger partial charge >= 0.3 is 6.09 Å². The summed E-state index contributed by atoms with van der Waals surface area (Å²) in [4.78, 5) is 21.8. The van der Waals surface area contributed by atoms with Crippen molar-refractivity contribution in [1.82, 2.24) is 5.32 Å². The fraction of sp³-hybridized carbons (Fsp3) is 0.364. The van der Waals surface area contributed by atoms with E-state index in [1.54, 1.807) is 0 Å². The monoisotopic (exact) mass is 302 g/mol. The number of halogens is 1. The van der Waals surface area contributed by atoms with Crippen LogP contribution in [0.1, 0.15) is 18.0 Å². The quantitative estimate of drug-likeness (QED) is 0.661. The molecule has 0 unspecified atom stereocenters. The Morgan fingerprint density at radius 1 is 1.25 bits per heavy atom. The van der Waals surface area contributed by atoms with E-state index in [4.69, 9.17) is 14.2 Å². The molecule has 1 atom stereocenters. The summed E-state index contributed by atoms with van der Waals surface area (Å²) in [5.41, 5.74) is 0.294. The molecule has 20 heavy (non-hydrogen) atoms. The van der Waals surface area contributed by atoms with E-state index in [9.17, 15) is 14.9 Å². The molecule has 0 aliphatic carbocycles. The standard InChI is InChI=1S/C11H10N2O6.ClH/c14-11-12-7(1-2-17-11)6-3-9-10(19-5-18-9)4-8(6)13(15)16;/h3-4,7H,1-2,5H2,(H,12,14);1H/t7-;/m0./s1. The first-order valence-corrected chi connectivity index (χ1v) is 5.66. The third-order valence-electron chi connectivity index (χ3n) is 3.03. The normalized spacial score (nSPS) is 19.6. The first-order chi connectivity index (χ1) is 9.15. The van der Waals surface area contributed by atoms with Crippen molar-refractivity contribution in [2.75, 3.05) is 13.4 Å². The van der Waals surface area contributed by atoms with Crippen molar-refractivity contribution in [3.05, 3.63) is 27.8 Å². The number of nitrogens with one attached hydrogen (secondary N) is 1. The number of fused-ring (bicyclic) bond motifs is 1. The number of alkyl carbamates (subject to hydrolysis) is 1. The van der Waals surface area contributed by atoms with Gasteiger partial charge in [0.15, 0.2) is 11.5 Å². The lowest BCUT2D eigenvalue weighted by Gasteiger charge is -2.23. The minimum Gasteiger partial charge on any atom is -0.454 e. The Bertz CT molecular complexity index is 564. The largest absolute Gasteiger partial charge is 0.454 e. The van der Waals surface area contributed by atoms with Gasteiger partial charge in [-0.2, -0.15) is 0 Å². The van der Waals surface area contributed by atoms with Crippen LogP contribution in [-0.4, -0.2) is 24.4 Å². The molecule has 1 aromatic carbocycles. The minimum absolute atomic E-state index is 0. The second kappa shape index (κ2) is 5.41. The zero-order chi connectivity index (χ0) is 13.4. The zero-order valence-electron chi connectivity index (χ0n) is 10.2. The number of nitrogens with zero attached hydrogens (tertiary/aromatic N) is 1. The van der Waals surface area contributed by atoms with E-state index in [1.165, 1.54) is 12.1 Å². The Morgan fingerprint density at radius 3 is 2.60 bits per heavy atom. The van der Waals surface area contributed by atoms with E-state index in [0.717, 1.165) is 0 Å². The predicted molar refractivity (Wildman–Crippen MR) is 68.3 cm³/mol. The third-order valence-corrected chi connectivity index (χ3v) is 3.03. The third kappa shape index (κ3) is 2.42. The average molecular weight is 303 g/mol. The van der Waals surface area contributed by atoms with Crippen LogP contribution in [0.15, 0.2) is 12.1 Å². The number of cyclic esters (lactones) is 1. The lowest BCUT2D eigenvalue weighted by Crippen LogP contribution is -2.35. The summed E-state index contributed by atoms with van der Waals surface area (Å²) >= 11 is 0. The molecular weight excluding hydrogens is 292 g/mol. The topological polar surface area (TPSA) is 99.9 Å². The Morgan fingerprint density at radius 2 is 1.95 bits per heavy atom.